The summed E-state index contributed by atoms with van der Waals surface area (Å²) in [4.78, 5) is 38.9. The molecular weight excluding hydrogens is 375 g/mol. The van der Waals surface area contributed by atoms with Crippen molar-refractivity contribution in [2.45, 2.75) is 58.5 Å². The molecule has 1 N–H and O–H groups in total. The molecule has 160 valence electrons. The summed E-state index contributed by atoms with van der Waals surface area (Å²) in [5, 5.41) is 2.52. The lowest BCUT2D eigenvalue weighted by Crippen LogP contribution is -2.47. The van der Waals surface area contributed by atoms with E-state index >= 15 is 0 Å². The summed E-state index contributed by atoms with van der Waals surface area (Å²) in [5.41, 5.74) is -0.145. The van der Waals surface area contributed by atoms with Crippen LogP contribution >= 0.6 is 0 Å². The molecule has 0 aliphatic heterocycles. The van der Waals surface area contributed by atoms with E-state index in [0.717, 1.165) is 25.7 Å². The van der Waals surface area contributed by atoms with Gasteiger partial charge in [-0.15, -0.1) is 0 Å². The van der Waals surface area contributed by atoms with Gasteiger partial charge >= 0.3 is 5.97 Å². The van der Waals surface area contributed by atoms with E-state index in [2.05, 4.69) is 12.2 Å². The van der Waals surface area contributed by atoms with E-state index in [9.17, 15) is 18.8 Å². The minimum Gasteiger partial charge on any atom is -0.454 e. The molecule has 1 aliphatic rings. The first kappa shape index (κ1) is 22.8. The van der Waals surface area contributed by atoms with Crippen LogP contribution < -0.4 is 5.32 Å². The number of likely N-dealkylation sites (N-methyl/N-ethyl adjacent to an activating group) is 1. The van der Waals surface area contributed by atoms with Gasteiger partial charge in [0.25, 0.3) is 11.8 Å². The predicted octanol–water partition coefficient (Wildman–Crippen LogP) is 3.16. The molecule has 0 saturated heterocycles. The van der Waals surface area contributed by atoms with E-state index in [1.54, 1.807) is 31.9 Å². The summed E-state index contributed by atoms with van der Waals surface area (Å²) in [7, 11) is 1.73. The van der Waals surface area contributed by atoms with Gasteiger partial charge < -0.3 is 15.0 Å². The smallest absolute Gasteiger partial charge is 0.329 e. The maximum absolute atomic E-state index is 13.8. The van der Waals surface area contributed by atoms with Crippen molar-refractivity contribution in [3.8, 4) is 0 Å². The molecule has 1 fully saturated rings. The lowest BCUT2D eigenvalue weighted by molar-refractivity contribution is -0.155. The zero-order valence-electron chi connectivity index (χ0n) is 17.6. The van der Waals surface area contributed by atoms with Crippen molar-refractivity contribution >= 4 is 17.8 Å². The number of amides is 2. The number of ether oxygens (including phenoxy) is 1. The van der Waals surface area contributed by atoms with Gasteiger partial charge in [-0.25, -0.2) is 9.18 Å². The molecule has 0 spiro atoms. The van der Waals surface area contributed by atoms with E-state index in [-0.39, 0.29) is 30.0 Å². The molecular formula is C22H31FN2O4. The van der Waals surface area contributed by atoms with Gasteiger partial charge in [-0.05, 0) is 49.7 Å². The number of benzene rings is 1. The topological polar surface area (TPSA) is 75.7 Å². The second kappa shape index (κ2) is 10.4. The fourth-order valence-electron chi connectivity index (χ4n) is 3.52. The molecule has 0 bridgehead atoms. The van der Waals surface area contributed by atoms with Crippen LogP contribution in [0.1, 0.15) is 56.8 Å². The maximum Gasteiger partial charge on any atom is 0.329 e. The number of rotatable bonds is 7. The van der Waals surface area contributed by atoms with Crippen LogP contribution in [0.3, 0.4) is 0 Å². The largest absolute Gasteiger partial charge is 0.454 e. The van der Waals surface area contributed by atoms with Crippen LogP contribution in [0.4, 0.5) is 4.39 Å². The van der Waals surface area contributed by atoms with Crippen LogP contribution in [0.15, 0.2) is 24.3 Å². The Morgan fingerprint density at radius 1 is 1.17 bits per heavy atom. The monoisotopic (exact) mass is 406 g/mol. The number of esters is 1. The highest BCUT2D eigenvalue weighted by molar-refractivity contribution is 5.97. The Bertz CT molecular complexity index is 729. The summed E-state index contributed by atoms with van der Waals surface area (Å²) >= 11 is 0. The first-order valence-electron chi connectivity index (χ1n) is 10.2. The molecule has 2 rings (SSSR count). The second-order valence-electron chi connectivity index (χ2n) is 8.20. The molecule has 0 radical (unpaired) electrons. The number of nitrogens with one attached hydrogen (secondary N) is 1. The number of hydrogen-bond donors (Lipinski definition) is 1. The Hall–Kier alpha value is -2.44. The van der Waals surface area contributed by atoms with E-state index in [1.165, 1.54) is 18.2 Å². The number of nitrogens with zero attached hydrogens (tertiary/aromatic N) is 1. The van der Waals surface area contributed by atoms with Crippen molar-refractivity contribution in [3.05, 3.63) is 35.6 Å². The fraction of sp³-hybridized carbons (Fsp3) is 0.591. The van der Waals surface area contributed by atoms with Gasteiger partial charge in [0, 0.05) is 13.1 Å². The van der Waals surface area contributed by atoms with Gasteiger partial charge in [0.05, 0.1) is 5.56 Å². The van der Waals surface area contributed by atoms with Crippen LogP contribution in [-0.4, -0.2) is 48.4 Å². The SMILES string of the molecule is CC1CCC(N(C)C(=O)COC(=O)C(NC(=O)c2ccccc2F)C(C)C)CC1. The predicted molar refractivity (Wildman–Crippen MR) is 108 cm³/mol. The average molecular weight is 406 g/mol. The summed E-state index contributed by atoms with van der Waals surface area (Å²) in [5.74, 6) is -1.94. The second-order valence-corrected chi connectivity index (χ2v) is 8.20. The van der Waals surface area contributed by atoms with Gasteiger partial charge in [0.1, 0.15) is 11.9 Å². The van der Waals surface area contributed by atoms with E-state index < -0.39 is 23.7 Å². The number of carbonyl (C=O) groups excluding carboxylic acids is 3. The molecule has 1 aromatic rings. The van der Waals surface area contributed by atoms with Crippen LogP contribution in [0.5, 0.6) is 0 Å². The van der Waals surface area contributed by atoms with Crippen LogP contribution in [0, 0.1) is 17.7 Å². The summed E-state index contributed by atoms with van der Waals surface area (Å²) in [6, 6.07) is 4.74. The van der Waals surface area contributed by atoms with Crippen LogP contribution in [-0.2, 0) is 14.3 Å². The minimum absolute atomic E-state index is 0.145. The molecule has 1 unspecified atom stereocenters. The average Bonchev–Trinajstić information content (AvgIpc) is 2.69. The summed E-state index contributed by atoms with van der Waals surface area (Å²) in [6.45, 7) is 5.32. The molecule has 1 aromatic carbocycles. The minimum atomic E-state index is -0.976. The van der Waals surface area contributed by atoms with Crippen molar-refractivity contribution in [2.24, 2.45) is 11.8 Å². The Morgan fingerprint density at radius 3 is 2.38 bits per heavy atom. The normalized spacial score (nSPS) is 20.1. The molecule has 0 heterocycles. The Labute approximate surface area is 171 Å². The number of halogens is 1. The lowest BCUT2D eigenvalue weighted by atomic mass is 9.87. The first-order valence-corrected chi connectivity index (χ1v) is 10.2. The van der Waals surface area contributed by atoms with Gasteiger partial charge in [-0.2, -0.15) is 0 Å². The van der Waals surface area contributed by atoms with Crippen LogP contribution in [0.25, 0.3) is 0 Å². The third kappa shape index (κ3) is 6.27. The molecule has 1 saturated carbocycles. The van der Waals surface area contributed by atoms with E-state index in [0.29, 0.717) is 5.92 Å². The molecule has 1 atom stereocenters. The molecule has 1 aliphatic carbocycles. The zero-order chi connectivity index (χ0) is 21.6. The standard InChI is InChI=1S/C22H31FN2O4/c1-14(2)20(24-21(27)17-7-5-6-8-18(17)23)22(28)29-13-19(26)25(4)16-11-9-15(3)10-12-16/h5-8,14-16,20H,9-13H2,1-4H3,(H,24,27). The Kier molecular flexibility index (Phi) is 8.17. The Morgan fingerprint density at radius 2 is 1.79 bits per heavy atom. The van der Waals surface area contributed by atoms with E-state index in [4.69, 9.17) is 4.74 Å². The zero-order valence-corrected chi connectivity index (χ0v) is 17.6. The van der Waals surface area contributed by atoms with Crippen molar-refractivity contribution in [2.75, 3.05) is 13.7 Å². The van der Waals surface area contributed by atoms with Gasteiger partial charge in [-0.1, -0.05) is 32.9 Å². The van der Waals surface area contributed by atoms with Crippen molar-refractivity contribution < 1.29 is 23.5 Å². The maximum atomic E-state index is 13.8. The third-order valence-corrected chi connectivity index (χ3v) is 5.59. The first-order chi connectivity index (χ1) is 13.7. The molecule has 29 heavy (non-hydrogen) atoms. The fourth-order valence-corrected chi connectivity index (χ4v) is 3.52. The highest BCUT2D eigenvalue weighted by atomic mass is 19.1. The highest BCUT2D eigenvalue weighted by Crippen LogP contribution is 2.26. The summed E-state index contributed by atoms with van der Waals surface area (Å²) < 4.78 is 19.0. The molecule has 7 heteroatoms. The quantitative estimate of drug-likeness (QED) is 0.706. The summed E-state index contributed by atoms with van der Waals surface area (Å²) in [6.07, 6.45) is 4.06. The Balaban J connectivity index is 1.91. The van der Waals surface area contributed by atoms with Crippen molar-refractivity contribution in [1.82, 2.24) is 10.2 Å². The van der Waals surface area contributed by atoms with Gasteiger partial charge in [0.15, 0.2) is 6.61 Å². The van der Waals surface area contributed by atoms with Gasteiger partial charge in [0.2, 0.25) is 0 Å². The lowest BCUT2D eigenvalue weighted by Gasteiger charge is -2.33. The number of hydrogen-bond acceptors (Lipinski definition) is 4. The molecule has 6 nitrogen and oxygen atoms in total. The highest BCUT2D eigenvalue weighted by Gasteiger charge is 2.29. The molecule has 2 amide bonds. The van der Waals surface area contributed by atoms with Gasteiger partial charge in [-0.3, -0.25) is 9.59 Å². The number of carbonyl (C=O) groups is 3. The third-order valence-electron chi connectivity index (χ3n) is 5.59. The van der Waals surface area contributed by atoms with Crippen LogP contribution in [0.2, 0.25) is 0 Å². The van der Waals surface area contributed by atoms with Crippen molar-refractivity contribution in [1.29, 1.82) is 0 Å². The van der Waals surface area contributed by atoms with E-state index in [1.807, 2.05) is 0 Å². The molecule has 0 aromatic heterocycles. The van der Waals surface area contributed by atoms with Crippen molar-refractivity contribution in [3.63, 3.8) is 0 Å².